The molecule has 0 bridgehead atoms. The van der Waals surface area contributed by atoms with Crippen molar-refractivity contribution in [2.75, 3.05) is 13.1 Å². The molecule has 0 aromatic carbocycles. The number of hydrogen-bond acceptors (Lipinski definition) is 3. The predicted octanol–water partition coefficient (Wildman–Crippen LogP) is 1.59. The van der Waals surface area contributed by atoms with Crippen LogP contribution in [0.15, 0.2) is 0 Å². The quantitative estimate of drug-likeness (QED) is 0.595. The molecule has 0 atom stereocenters. The van der Waals surface area contributed by atoms with E-state index in [2.05, 4.69) is 31.7 Å². The van der Waals surface area contributed by atoms with E-state index in [1.54, 1.807) is 0 Å². The lowest BCUT2D eigenvalue weighted by Gasteiger charge is -2.42. The van der Waals surface area contributed by atoms with E-state index >= 15 is 0 Å². The van der Waals surface area contributed by atoms with Gasteiger partial charge in [0.1, 0.15) is 11.7 Å². The van der Waals surface area contributed by atoms with Crippen LogP contribution in [0.4, 0.5) is 0 Å². The van der Waals surface area contributed by atoms with E-state index in [1.165, 1.54) is 0 Å². The van der Waals surface area contributed by atoms with Crippen LogP contribution in [0.5, 0.6) is 0 Å². The number of aldehydes is 1. The van der Waals surface area contributed by atoms with E-state index in [9.17, 15) is 4.79 Å². The summed E-state index contributed by atoms with van der Waals surface area (Å²) in [4.78, 5) is 13.2. The fraction of sp³-hybridized carbons (Fsp3) is 0.818. The van der Waals surface area contributed by atoms with Crippen molar-refractivity contribution in [1.82, 2.24) is 4.90 Å². The van der Waals surface area contributed by atoms with E-state index in [0.29, 0.717) is 12.8 Å². The minimum atomic E-state index is -0.707. The van der Waals surface area contributed by atoms with Gasteiger partial charge in [-0.05, 0) is 33.6 Å². The Bertz CT molecular complexity index is 251. The molecule has 1 aliphatic heterocycles. The predicted molar refractivity (Wildman–Crippen MR) is 54.7 cm³/mol. The molecule has 0 aromatic heterocycles. The fourth-order valence-electron chi connectivity index (χ4n) is 1.83. The Morgan fingerprint density at radius 1 is 1.36 bits per heavy atom. The van der Waals surface area contributed by atoms with Crippen LogP contribution in [0.1, 0.15) is 33.6 Å². The van der Waals surface area contributed by atoms with Gasteiger partial charge in [0, 0.05) is 18.6 Å². The molecule has 3 heteroatoms. The van der Waals surface area contributed by atoms with E-state index in [0.717, 1.165) is 19.4 Å². The summed E-state index contributed by atoms with van der Waals surface area (Å²) in [7, 11) is 0. The highest BCUT2D eigenvalue weighted by atomic mass is 16.1. The molecule has 1 fully saturated rings. The molecule has 1 rings (SSSR count). The van der Waals surface area contributed by atoms with Gasteiger partial charge in [-0.3, -0.25) is 4.90 Å². The lowest BCUT2D eigenvalue weighted by atomic mass is 9.80. The number of nitriles is 1. The first-order valence-corrected chi connectivity index (χ1v) is 5.06. The summed E-state index contributed by atoms with van der Waals surface area (Å²) in [6, 6.07) is 2.14. The lowest BCUT2D eigenvalue weighted by Crippen LogP contribution is -2.49. The molecule has 1 saturated heterocycles. The maximum Gasteiger partial charge on any atom is 0.140 e. The molecule has 3 nitrogen and oxygen atoms in total. The van der Waals surface area contributed by atoms with Crippen LogP contribution in [-0.2, 0) is 4.79 Å². The smallest absolute Gasteiger partial charge is 0.140 e. The fourth-order valence-corrected chi connectivity index (χ4v) is 1.83. The zero-order valence-corrected chi connectivity index (χ0v) is 9.21. The second kappa shape index (κ2) is 3.70. The van der Waals surface area contributed by atoms with E-state index < -0.39 is 5.41 Å². The SMILES string of the molecule is CC(C)(C)N1CCC(C#N)(C=O)CC1. The van der Waals surface area contributed by atoms with Crippen molar-refractivity contribution in [1.29, 1.82) is 5.26 Å². The molecule has 0 aliphatic carbocycles. The third kappa shape index (κ3) is 2.13. The van der Waals surface area contributed by atoms with Crippen molar-refractivity contribution in [2.45, 2.75) is 39.2 Å². The molecule has 1 aliphatic rings. The van der Waals surface area contributed by atoms with Gasteiger partial charge in [-0.2, -0.15) is 5.26 Å². The Kier molecular flexibility index (Phi) is 2.96. The standard InChI is InChI=1S/C11H18N2O/c1-10(2,3)13-6-4-11(8-12,9-14)5-7-13/h9H,4-7H2,1-3H3. The number of likely N-dealkylation sites (tertiary alicyclic amines) is 1. The molecular weight excluding hydrogens is 176 g/mol. The minimum absolute atomic E-state index is 0.143. The Labute approximate surface area is 85.7 Å². The lowest BCUT2D eigenvalue weighted by molar-refractivity contribution is -0.116. The van der Waals surface area contributed by atoms with Crippen molar-refractivity contribution in [3.63, 3.8) is 0 Å². The van der Waals surface area contributed by atoms with Crippen LogP contribution in [0.2, 0.25) is 0 Å². The molecule has 0 spiro atoms. The molecule has 0 radical (unpaired) electrons. The summed E-state index contributed by atoms with van der Waals surface area (Å²) in [5.41, 5.74) is -0.563. The van der Waals surface area contributed by atoms with Gasteiger partial charge in [-0.15, -0.1) is 0 Å². The van der Waals surface area contributed by atoms with Gasteiger partial charge in [0.15, 0.2) is 0 Å². The van der Waals surface area contributed by atoms with Crippen LogP contribution in [-0.4, -0.2) is 29.8 Å². The summed E-state index contributed by atoms with van der Waals surface area (Å²) in [5.74, 6) is 0. The Hall–Kier alpha value is -0.880. The molecule has 0 saturated carbocycles. The van der Waals surface area contributed by atoms with Crippen LogP contribution >= 0.6 is 0 Å². The molecule has 78 valence electrons. The number of nitrogens with zero attached hydrogens (tertiary/aromatic N) is 2. The van der Waals surface area contributed by atoms with Gasteiger partial charge in [0.25, 0.3) is 0 Å². The highest BCUT2D eigenvalue weighted by molar-refractivity contribution is 5.64. The summed E-state index contributed by atoms with van der Waals surface area (Å²) in [6.07, 6.45) is 2.17. The van der Waals surface area contributed by atoms with Crippen molar-refractivity contribution in [3.05, 3.63) is 0 Å². The topological polar surface area (TPSA) is 44.1 Å². The van der Waals surface area contributed by atoms with Gasteiger partial charge in [-0.25, -0.2) is 0 Å². The summed E-state index contributed by atoms with van der Waals surface area (Å²) >= 11 is 0. The minimum Gasteiger partial charge on any atom is -0.302 e. The monoisotopic (exact) mass is 194 g/mol. The largest absolute Gasteiger partial charge is 0.302 e. The first-order chi connectivity index (χ1) is 6.43. The summed E-state index contributed by atoms with van der Waals surface area (Å²) < 4.78 is 0. The molecular formula is C11H18N2O. The van der Waals surface area contributed by atoms with Crippen LogP contribution in [0, 0.1) is 16.7 Å². The Morgan fingerprint density at radius 2 is 1.86 bits per heavy atom. The maximum atomic E-state index is 10.8. The first kappa shape index (κ1) is 11.2. The van der Waals surface area contributed by atoms with Gasteiger partial charge < -0.3 is 4.79 Å². The van der Waals surface area contributed by atoms with Crippen LogP contribution in [0.25, 0.3) is 0 Å². The molecule has 1 heterocycles. The number of piperidine rings is 1. The maximum absolute atomic E-state index is 10.8. The van der Waals surface area contributed by atoms with Gasteiger partial charge in [-0.1, -0.05) is 0 Å². The van der Waals surface area contributed by atoms with E-state index in [-0.39, 0.29) is 5.54 Å². The number of carbonyl (C=O) groups excluding carboxylic acids is 1. The van der Waals surface area contributed by atoms with Crippen molar-refractivity contribution in [2.24, 2.45) is 5.41 Å². The second-order valence-electron chi connectivity index (χ2n) is 5.04. The number of carbonyl (C=O) groups is 1. The molecule has 0 N–H and O–H groups in total. The molecule has 14 heavy (non-hydrogen) atoms. The van der Waals surface area contributed by atoms with Crippen LogP contribution in [0.3, 0.4) is 0 Å². The third-order valence-corrected chi connectivity index (χ3v) is 3.05. The first-order valence-electron chi connectivity index (χ1n) is 5.06. The second-order valence-corrected chi connectivity index (χ2v) is 5.04. The Balaban J connectivity index is 2.63. The number of hydrogen-bond donors (Lipinski definition) is 0. The molecule has 0 amide bonds. The third-order valence-electron chi connectivity index (χ3n) is 3.05. The molecule has 0 unspecified atom stereocenters. The zero-order valence-electron chi connectivity index (χ0n) is 9.21. The highest BCUT2D eigenvalue weighted by Crippen LogP contribution is 2.31. The summed E-state index contributed by atoms with van der Waals surface area (Å²) in [5, 5.41) is 8.93. The normalized spacial score (nSPS) is 22.7. The van der Waals surface area contributed by atoms with E-state index in [4.69, 9.17) is 5.26 Å². The Morgan fingerprint density at radius 3 is 2.14 bits per heavy atom. The zero-order chi connectivity index (χ0) is 10.8. The van der Waals surface area contributed by atoms with Gasteiger partial charge >= 0.3 is 0 Å². The van der Waals surface area contributed by atoms with Crippen LogP contribution < -0.4 is 0 Å². The summed E-state index contributed by atoms with van der Waals surface area (Å²) in [6.45, 7) is 8.17. The van der Waals surface area contributed by atoms with Crippen molar-refractivity contribution < 1.29 is 4.79 Å². The highest BCUT2D eigenvalue weighted by Gasteiger charge is 2.37. The van der Waals surface area contributed by atoms with Gasteiger partial charge in [0.2, 0.25) is 0 Å². The van der Waals surface area contributed by atoms with E-state index in [1.807, 2.05) is 0 Å². The van der Waals surface area contributed by atoms with Crippen molar-refractivity contribution >= 4 is 6.29 Å². The molecule has 0 aromatic rings. The average molecular weight is 194 g/mol. The van der Waals surface area contributed by atoms with Crippen molar-refractivity contribution in [3.8, 4) is 6.07 Å². The van der Waals surface area contributed by atoms with Gasteiger partial charge in [0.05, 0.1) is 6.07 Å². The number of rotatable bonds is 1. The average Bonchev–Trinajstić information content (AvgIpc) is 2.16.